The van der Waals surface area contributed by atoms with Crippen LogP contribution in [-0.2, 0) is 0 Å². The number of methoxy groups -OCH3 is 1. The lowest BCUT2D eigenvalue weighted by Gasteiger charge is -2.13. The van der Waals surface area contributed by atoms with Gasteiger partial charge in [-0.25, -0.2) is 9.18 Å². The van der Waals surface area contributed by atoms with Crippen LogP contribution >= 0.6 is 0 Å². The molecule has 0 unspecified atom stereocenters. The second-order valence-corrected chi connectivity index (χ2v) is 6.31. The lowest BCUT2D eigenvalue weighted by atomic mass is 10.0. The fourth-order valence-electron chi connectivity index (χ4n) is 3.03. The molecule has 1 aromatic heterocycles. The number of nitrogens with one attached hydrogen (secondary N) is 2. The van der Waals surface area contributed by atoms with Gasteiger partial charge < -0.3 is 10.1 Å². The number of amides is 1. The molecule has 1 heterocycles. The summed E-state index contributed by atoms with van der Waals surface area (Å²) < 4.78 is 23.1. The van der Waals surface area contributed by atoms with E-state index in [2.05, 4.69) is 20.0 Å². The van der Waals surface area contributed by atoms with Crippen LogP contribution in [-0.4, -0.2) is 23.2 Å². The monoisotopic (exact) mass is 404 g/mol. The Bertz CT molecular complexity index is 1380. The van der Waals surface area contributed by atoms with Gasteiger partial charge in [0.2, 0.25) is 0 Å². The molecule has 0 aliphatic carbocycles. The van der Waals surface area contributed by atoms with E-state index in [0.29, 0.717) is 16.3 Å². The van der Waals surface area contributed by atoms with Crippen molar-refractivity contribution >= 4 is 22.4 Å². The summed E-state index contributed by atoms with van der Waals surface area (Å²) in [6, 6.07) is 14.0. The summed E-state index contributed by atoms with van der Waals surface area (Å²) in [6.45, 7) is 0. The second-order valence-electron chi connectivity index (χ2n) is 6.31. The largest absolute Gasteiger partial charge is 0.495 e. The predicted octanol–water partition coefficient (Wildman–Crippen LogP) is 3.45. The van der Waals surface area contributed by atoms with Gasteiger partial charge in [-0.2, -0.15) is 5.26 Å². The number of aromatic amines is 1. The van der Waals surface area contributed by atoms with Crippen LogP contribution in [0.5, 0.6) is 5.75 Å². The number of H-pyrrole nitrogens is 1. The summed E-state index contributed by atoms with van der Waals surface area (Å²) in [5.74, 6) is -1.33. The number of hydrogen-bond acceptors (Lipinski definition) is 6. The number of nitrogens with zero attached hydrogens (tertiary/aromatic N) is 2. The highest BCUT2D eigenvalue weighted by Crippen LogP contribution is 2.33. The molecule has 0 bridgehead atoms. The van der Waals surface area contributed by atoms with E-state index >= 15 is 0 Å². The second kappa shape index (κ2) is 7.52. The molecule has 0 radical (unpaired) electrons. The van der Waals surface area contributed by atoms with Gasteiger partial charge in [-0.15, -0.1) is 0 Å². The van der Waals surface area contributed by atoms with Crippen molar-refractivity contribution in [1.82, 2.24) is 10.1 Å². The molecule has 4 aromatic rings. The van der Waals surface area contributed by atoms with E-state index in [4.69, 9.17) is 4.74 Å². The number of rotatable bonds is 4. The van der Waals surface area contributed by atoms with Crippen molar-refractivity contribution in [3.63, 3.8) is 0 Å². The van der Waals surface area contributed by atoms with Crippen molar-refractivity contribution in [3.8, 4) is 23.2 Å². The summed E-state index contributed by atoms with van der Waals surface area (Å²) >= 11 is 0. The molecule has 30 heavy (non-hydrogen) atoms. The first-order valence-corrected chi connectivity index (χ1v) is 8.67. The number of carbonyl (C=O) groups excluding carboxylic acids is 1. The SMILES string of the molecule is COc1cc(NC(=O)c2ccc3cc(F)ccc3c2)c(-c2noc(=O)[nH]2)cc1C#N. The first-order valence-electron chi connectivity index (χ1n) is 8.67. The van der Waals surface area contributed by atoms with Crippen LogP contribution in [0.3, 0.4) is 0 Å². The van der Waals surface area contributed by atoms with Crippen molar-refractivity contribution in [1.29, 1.82) is 5.26 Å². The molecule has 8 nitrogen and oxygen atoms in total. The Labute approximate surface area is 168 Å². The van der Waals surface area contributed by atoms with Gasteiger partial charge in [0.25, 0.3) is 5.91 Å². The number of carbonyl (C=O) groups is 1. The van der Waals surface area contributed by atoms with Crippen molar-refractivity contribution < 1.29 is 18.4 Å². The number of aromatic nitrogens is 2. The predicted molar refractivity (Wildman–Crippen MR) is 106 cm³/mol. The van der Waals surface area contributed by atoms with Crippen LogP contribution in [0.4, 0.5) is 10.1 Å². The van der Waals surface area contributed by atoms with Crippen LogP contribution < -0.4 is 15.8 Å². The van der Waals surface area contributed by atoms with Gasteiger partial charge in [0.05, 0.1) is 18.4 Å². The van der Waals surface area contributed by atoms with E-state index in [1.54, 1.807) is 24.3 Å². The minimum absolute atomic E-state index is 0.0449. The summed E-state index contributed by atoms with van der Waals surface area (Å²) in [5.41, 5.74) is 1.04. The standard InChI is InChI=1S/C21H13FN4O4/c1-29-18-9-17(16(8-14(18)10-23)19-25-21(28)30-26-19)24-20(27)13-3-2-12-7-15(22)5-4-11(12)6-13/h2-9H,1H3,(H,24,27)(H,25,26,28). The third kappa shape index (κ3) is 3.49. The number of ether oxygens (including phenoxy) is 1. The van der Waals surface area contributed by atoms with Crippen molar-refractivity contribution in [3.05, 3.63) is 76.0 Å². The molecule has 9 heteroatoms. The maximum Gasteiger partial charge on any atom is 0.439 e. The smallest absolute Gasteiger partial charge is 0.439 e. The number of nitriles is 1. The van der Waals surface area contributed by atoms with E-state index in [1.807, 2.05) is 6.07 Å². The molecule has 4 rings (SSSR count). The minimum atomic E-state index is -0.779. The Morgan fingerprint density at radius 1 is 1.20 bits per heavy atom. The first-order chi connectivity index (χ1) is 14.5. The van der Waals surface area contributed by atoms with Crippen LogP contribution in [0.1, 0.15) is 15.9 Å². The molecule has 3 aromatic carbocycles. The molecule has 0 atom stereocenters. The molecule has 0 spiro atoms. The van der Waals surface area contributed by atoms with Gasteiger partial charge in [0.15, 0.2) is 5.82 Å². The number of halogens is 1. The topological polar surface area (TPSA) is 121 Å². The highest BCUT2D eigenvalue weighted by atomic mass is 19.1. The molecular formula is C21H13FN4O4. The summed E-state index contributed by atoms with van der Waals surface area (Å²) in [6.07, 6.45) is 0. The molecule has 0 fully saturated rings. The van der Waals surface area contributed by atoms with E-state index in [0.717, 1.165) is 0 Å². The van der Waals surface area contributed by atoms with Gasteiger partial charge in [-0.05, 0) is 41.1 Å². The van der Waals surface area contributed by atoms with E-state index < -0.39 is 11.7 Å². The van der Waals surface area contributed by atoms with Crippen molar-refractivity contribution in [2.45, 2.75) is 0 Å². The van der Waals surface area contributed by atoms with Crippen LogP contribution in [0.25, 0.3) is 22.2 Å². The Balaban J connectivity index is 1.76. The lowest BCUT2D eigenvalue weighted by molar-refractivity contribution is 0.102. The van der Waals surface area contributed by atoms with Gasteiger partial charge in [0.1, 0.15) is 17.6 Å². The normalized spacial score (nSPS) is 10.6. The highest BCUT2D eigenvalue weighted by Gasteiger charge is 2.18. The molecular weight excluding hydrogens is 391 g/mol. The van der Waals surface area contributed by atoms with Crippen LogP contribution in [0.15, 0.2) is 57.8 Å². The van der Waals surface area contributed by atoms with E-state index in [-0.39, 0.29) is 34.2 Å². The molecule has 148 valence electrons. The third-order valence-corrected chi connectivity index (χ3v) is 4.47. The Kier molecular flexibility index (Phi) is 4.74. The quantitative estimate of drug-likeness (QED) is 0.537. The van der Waals surface area contributed by atoms with E-state index in [1.165, 1.54) is 31.4 Å². The van der Waals surface area contributed by atoms with Gasteiger partial charge in [-0.3, -0.25) is 14.3 Å². The molecule has 0 saturated heterocycles. The maximum atomic E-state index is 13.4. The molecule has 2 N–H and O–H groups in total. The molecule has 1 amide bonds. The number of hydrogen-bond donors (Lipinski definition) is 2. The summed E-state index contributed by atoms with van der Waals surface area (Å²) in [7, 11) is 1.39. The third-order valence-electron chi connectivity index (χ3n) is 4.47. The zero-order valence-electron chi connectivity index (χ0n) is 15.5. The molecule has 0 aliphatic heterocycles. The van der Waals surface area contributed by atoms with Crippen LogP contribution in [0.2, 0.25) is 0 Å². The Morgan fingerprint density at radius 2 is 1.97 bits per heavy atom. The minimum Gasteiger partial charge on any atom is -0.495 e. The van der Waals surface area contributed by atoms with Crippen LogP contribution in [0, 0.1) is 17.1 Å². The average Bonchev–Trinajstić information content (AvgIpc) is 3.18. The molecule has 0 saturated carbocycles. The lowest BCUT2D eigenvalue weighted by Crippen LogP contribution is -2.13. The first kappa shape index (κ1) is 18.9. The highest BCUT2D eigenvalue weighted by molar-refractivity contribution is 6.08. The zero-order chi connectivity index (χ0) is 21.3. The zero-order valence-corrected chi connectivity index (χ0v) is 15.5. The van der Waals surface area contributed by atoms with E-state index in [9.17, 15) is 19.2 Å². The average molecular weight is 404 g/mol. The number of fused-ring (bicyclic) bond motifs is 1. The van der Waals surface area contributed by atoms with Gasteiger partial charge >= 0.3 is 5.76 Å². The van der Waals surface area contributed by atoms with Gasteiger partial charge in [0, 0.05) is 17.2 Å². The molecule has 0 aliphatic rings. The maximum absolute atomic E-state index is 13.4. The Morgan fingerprint density at radius 3 is 2.67 bits per heavy atom. The fourth-order valence-corrected chi connectivity index (χ4v) is 3.03. The fraction of sp³-hybridized carbons (Fsp3) is 0.0476. The summed E-state index contributed by atoms with van der Waals surface area (Å²) in [5, 5.41) is 17.1. The number of benzene rings is 3. The summed E-state index contributed by atoms with van der Waals surface area (Å²) in [4.78, 5) is 26.6. The van der Waals surface area contributed by atoms with Crippen molar-refractivity contribution in [2.75, 3.05) is 12.4 Å². The van der Waals surface area contributed by atoms with Crippen molar-refractivity contribution in [2.24, 2.45) is 0 Å². The van der Waals surface area contributed by atoms with Gasteiger partial charge in [-0.1, -0.05) is 17.3 Å². The Hall–Kier alpha value is -4.45. The number of anilines is 1.